The number of piperidine rings is 1. The summed E-state index contributed by atoms with van der Waals surface area (Å²) in [6.45, 7) is 3.93. The Morgan fingerprint density at radius 2 is 2.06 bits per heavy atom. The molecule has 2 aromatic heterocycles. The third kappa shape index (κ3) is 4.96. The van der Waals surface area contributed by atoms with E-state index in [2.05, 4.69) is 25.5 Å². The molecule has 2 N–H and O–H groups in total. The van der Waals surface area contributed by atoms with E-state index >= 15 is 0 Å². The average molecular weight is 455 g/mol. The number of nitrogens with zero attached hydrogens (tertiary/aromatic N) is 4. The molecule has 3 aromatic rings. The minimum absolute atomic E-state index is 0.0718. The maximum atomic E-state index is 12.9. The van der Waals surface area contributed by atoms with Gasteiger partial charge < -0.3 is 15.5 Å². The van der Waals surface area contributed by atoms with Gasteiger partial charge in [0.15, 0.2) is 10.8 Å². The molecule has 0 radical (unpaired) electrons. The van der Waals surface area contributed by atoms with Crippen LogP contribution in [0.2, 0.25) is 0 Å². The summed E-state index contributed by atoms with van der Waals surface area (Å²) in [4.78, 5) is 48.5. The van der Waals surface area contributed by atoms with Crippen molar-refractivity contribution in [2.45, 2.75) is 32.7 Å². The highest BCUT2D eigenvalue weighted by Crippen LogP contribution is 2.29. The second kappa shape index (κ2) is 9.90. The number of benzene rings is 1. The largest absolute Gasteiger partial charge is 0.356 e. The number of thiazole rings is 1. The van der Waals surface area contributed by atoms with E-state index in [1.54, 1.807) is 12.1 Å². The minimum atomic E-state index is -0.304. The SMILES string of the molecule is CCCNC(=O)[C@H]1CCCN(c2nc3ncn(CC(=O)Nc4ccccc4)c(=O)c3s2)C1. The predicted molar refractivity (Wildman–Crippen MR) is 125 cm³/mol. The lowest BCUT2D eigenvalue weighted by Crippen LogP contribution is -2.43. The third-order valence-corrected chi connectivity index (χ3v) is 6.45. The molecule has 0 unspecified atom stereocenters. The highest BCUT2D eigenvalue weighted by molar-refractivity contribution is 7.22. The second-order valence-corrected chi connectivity index (χ2v) is 8.79. The summed E-state index contributed by atoms with van der Waals surface area (Å²) >= 11 is 1.26. The Hall–Kier alpha value is -3.27. The van der Waals surface area contributed by atoms with Gasteiger partial charge in [0.1, 0.15) is 17.6 Å². The van der Waals surface area contributed by atoms with Gasteiger partial charge in [-0.3, -0.25) is 19.0 Å². The molecule has 2 amide bonds. The molecular formula is C22H26N6O3S. The zero-order valence-electron chi connectivity index (χ0n) is 17.9. The maximum absolute atomic E-state index is 12.9. The first-order chi connectivity index (χ1) is 15.5. The summed E-state index contributed by atoms with van der Waals surface area (Å²) in [6, 6.07) is 9.08. The van der Waals surface area contributed by atoms with E-state index in [4.69, 9.17) is 0 Å². The monoisotopic (exact) mass is 454 g/mol. The number of nitrogens with one attached hydrogen (secondary N) is 2. The van der Waals surface area contributed by atoms with Crippen LogP contribution in [0.1, 0.15) is 26.2 Å². The summed E-state index contributed by atoms with van der Waals surface area (Å²) in [5.74, 6) is -0.322. The molecule has 1 fully saturated rings. The molecule has 9 nitrogen and oxygen atoms in total. The van der Waals surface area contributed by atoms with Gasteiger partial charge in [0.25, 0.3) is 5.56 Å². The van der Waals surface area contributed by atoms with Crippen LogP contribution in [0.15, 0.2) is 41.5 Å². The second-order valence-electron chi connectivity index (χ2n) is 7.82. The molecule has 0 aliphatic carbocycles. The Labute approximate surface area is 189 Å². The Bertz CT molecular complexity index is 1160. The normalized spacial score (nSPS) is 16.2. The summed E-state index contributed by atoms with van der Waals surface area (Å²) in [6.07, 6.45) is 3.99. The molecule has 1 aromatic carbocycles. The Kier molecular flexibility index (Phi) is 6.79. The fraction of sp³-hybridized carbons (Fsp3) is 0.409. The van der Waals surface area contributed by atoms with Crippen LogP contribution in [0.5, 0.6) is 0 Å². The summed E-state index contributed by atoms with van der Waals surface area (Å²) in [5, 5.41) is 6.42. The fourth-order valence-corrected chi connectivity index (χ4v) is 4.72. The number of aromatic nitrogens is 3. The number of carbonyl (C=O) groups is 2. The number of fused-ring (bicyclic) bond motifs is 1. The van der Waals surface area contributed by atoms with Gasteiger partial charge in [-0.15, -0.1) is 0 Å². The minimum Gasteiger partial charge on any atom is -0.356 e. The van der Waals surface area contributed by atoms with Crippen molar-refractivity contribution in [3.8, 4) is 0 Å². The molecule has 0 saturated carbocycles. The van der Waals surface area contributed by atoms with Crippen LogP contribution < -0.4 is 21.1 Å². The third-order valence-electron chi connectivity index (χ3n) is 5.36. The number of hydrogen-bond donors (Lipinski definition) is 2. The summed E-state index contributed by atoms with van der Waals surface area (Å²) in [7, 11) is 0. The smallest absolute Gasteiger partial charge is 0.273 e. The van der Waals surface area contributed by atoms with Gasteiger partial charge in [0.05, 0.1) is 5.92 Å². The average Bonchev–Trinajstić information content (AvgIpc) is 3.25. The zero-order valence-corrected chi connectivity index (χ0v) is 18.7. The van der Waals surface area contributed by atoms with E-state index < -0.39 is 0 Å². The molecule has 4 rings (SSSR count). The van der Waals surface area contributed by atoms with Crippen molar-refractivity contribution in [1.29, 1.82) is 0 Å². The molecule has 1 aliphatic rings. The summed E-state index contributed by atoms with van der Waals surface area (Å²) in [5.41, 5.74) is 0.741. The number of anilines is 2. The molecule has 32 heavy (non-hydrogen) atoms. The predicted octanol–water partition coefficient (Wildman–Crippen LogP) is 2.23. The first kappa shape index (κ1) is 21.9. The summed E-state index contributed by atoms with van der Waals surface area (Å²) < 4.78 is 1.70. The molecule has 1 aliphatic heterocycles. The molecule has 0 spiro atoms. The molecule has 1 atom stereocenters. The van der Waals surface area contributed by atoms with Crippen molar-refractivity contribution in [2.24, 2.45) is 5.92 Å². The van der Waals surface area contributed by atoms with Crippen LogP contribution in [0.25, 0.3) is 10.3 Å². The number of rotatable bonds is 7. The van der Waals surface area contributed by atoms with Crippen molar-refractivity contribution in [3.05, 3.63) is 47.0 Å². The van der Waals surface area contributed by atoms with Gasteiger partial charge in [0, 0.05) is 25.3 Å². The fourth-order valence-electron chi connectivity index (χ4n) is 3.72. The van der Waals surface area contributed by atoms with Crippen LogP contribution in [0, 0.1) is 5.92 Å². The Balaban J connectivity index is 1.48. The van der Waals surface area contributed by atoms with Gasteiger partial charge in [-0.25, -0.2) is 4.98 Å². The number of carbonyl (C=O) groups excluding carboxylic acids is 2. The molecule has 1 saturated heterocycles. The maximum Gasteiger partial charge on any atom is 0.273 e. The topological polar surface area (TPSA) is 109 Å². The van der Waals surface area contributed by atoms with Crippen LogP contribution in [-0.4, -0.2) is 46.0 Å². The lowest BCUT2D eigenvalue weighted by atomic mass is 9.97. The van der Waals surface area contributed by atoms with Crippen molar-refractivity contribution in [2.75, 3.05) is 29.9 Å². The van der Waals surface area contributed by atoms with Crippen LogP contribution in [0.3, 0.4) is 0 Å². The number of hydrogen-bond acceptors (Lipinski definition) is 7. The number of para-hydroxylation sites is 1. The Morgan fingerprint density at radius 3 is 2.84 bits per heavy atom. The highest BCUT2D eigenvalue weighted by atomic mass is 32.1. The van der Waals surface area contributed by atoms with Crippen LogP contribution >= 0.6 is 11.3 Å². The highest BCUT2D eigenvalue weighted by Gasteiger charge is 2.27. The van der Waals surface area contributed by atoms with Crippen molar-refractivity contribution in [1.82, 2.24) is 19.9 Å². The standard InChI is InChI=1S/C22H26N6O3S/c1-2-10-23-20(30)15-7-6-11-27(12-15)22-26-19-18(32-22)21(31)28(14-24-19)13-17(29)25-16-8-4-3-5-9-16/h3-5,8-9,14-15H,2,6-7,10-13H2,1H3,(H,23,30)(H,25,29)/t15-/m0/s1. The molecule has 10 heteroatoms. The van der Waals surface area contributed by atoms with E-state index in [1.165, 1.54) is 22.2 Å². The zero-order chi connectivity index (χ0) is 22.5. The number of amides is 2. The van der Waals surface area contributed by atoms with Gasteiger partial charge in [0.2, 0.25) is 11.8 Å². The van der Waals surface area contributed by atoms with E-state index in [9.17, 15) is 14.4 Å². The molecular weight excluding hydrogens is 428 g/mol. The van der Waals surface area contributed by atoms with E-state index in [0.29, 0.717) is 34.3 Å². The van der Waals surface area contributed by atoms with Gasteiger partial charge >= 0.3 is 0 Å². The van der Waals surface area contributed by atoms with E-state index in [0.717, 1.165) is 25.8 Å². The van der Waals surface area contributed by atoms with Gasteiger partial charge in [-0.2, -0.15) is 4.98 Å². The first-order valence-corrected chi connectivity index (χ1v) is 11.6. The van der Waals surface area contributed by atoms with Gasteiger partial charge in [-0.1, -0.05) is 36.5 Å². The van der Waals surface area contributed by atoms with Crippen molar-refractivity contribution < 1.29 is 9.59 Å². The van der Waals surface area contributed by atoms with Crippen LogP contribution in [0.4, 0.5) is 10.8 Å². The molecule has 0 bridgehead atoms. The first-order valence-electron chi connectivity index (χ1n) is 10.8. The lowest BCUT2D eigenvalue weighted by molar-refractivity contribution is -0.125. The van der Waals surface area contributed by atoms with E-state index in [-0.39, 0.29) is 29.8 Å². The van der Waals surface area contributed by atoms with E-state index in [1.807, 2.05) is 25.1 Å². The molecule has 168 valence electrons. The van der Waals surface area contributed by atoms with Crippen LogP contribution in [-0.2, 0) is 16.1 Å². The van der Waals surface area contributed by atoms with Crippen molar-refractivity contribution >= 4 is 44.3 Å². The lowest BCUT2D eigenvalue weighted by Gasteiger charge is -2.31. The quantitative estimate of drug-likeness (QED) is 0.567. The van der Waals surface area contributed by atoms with Gasteiger partial charge in [-0.05, 0) is 31.4 Å². The van der Waals surface area contributed by atoms with Crippen molar-refractivity contribution in [3.63, 3.8) is 0 Å². The molecule has 3 heterocycles. The Morgan fingerprint density at radius 1 is 1.25 bits per heavy atom.